The molecule has 1 atom stereocenters. The maximum atomic E-state index is 12.4. The van der Waals surface area contributed by atoms with E-state index < -0.39 is 0 Å². The normalized spacial score (nSPS) is 25.8. The first-order valence-corrected chi connectivity index (χ1v) is 6.69. The molecule has 2 fully saturated rings. The summed E-state index contributed by atoms with van der Waals surface area (Å²) in [5.41, 5.74) is 0. The van der Waals surface area contributed by atoms with E-state index in [0.717, 1.165) is 38.4 Å². The van der Waals surface area contributed by atoms with Gasteiger partial charge in [-0.25, -0.2) is 0 Å². The van der Waals surface area contributed by atoms with Gasteiger partial charge in [0.2, 0.25) is 5.91 Å². The Bertz CT molecular complexity index is 242. The van der Waals surface area contributed by atoms with Gasteiger partial charge in [-0.2, -0.15) is 0 Å². The Kier molecular flexibility index (Phi) is 3.85. The minimum Gasteiger partial charge on any atom is -0.340 e. The summed E-state index contributed by atoms with van der Waals surface area (Å²) in [6, 6.07) is 0.357. The van der Waals surface area contributed by atoms with Crippen LogP contribution in [0.2, 0.25) is 0 Å². The van der Waals surface area contributed by atoms with E-state index in [0.29, 0.717) is 11.9 Å². The van der Waals surface area contributed by atoms with Gasteiger partial charge in [0, 0.05) is 19.1 Å². The molecule has 1 saturated heterocycles. The predicted molar refractivity (Wildman–Crippen MR) is 65.2 cm³/mol. The quantitative estimate of drug-likeness (QED) is 0.787. The van der Waals surface area contributed by atoms with E-state index in [2.05, 4.69) is 24.1 Å². The summed E-state index contributed by atoms with van der Waals surface area (Å²) in [6.45, 7) is 7.22. The summed E-state index contributed by atoms with van der Waals surface area (Å²) in [4.78, 5) is 14.5. The lowest BCUT2D eigenvalue weighted by molar-refractivity contribution is -0.138. The molecule has 16 heavy (non-hydrogen) atoms. The number of hydrogen-bond donors (Lipinski definition) is 1. The first-order chi connectivity index (χ1) is 7.68. The van der Waals surface area contributed by atoms with Crippen LogP contribution in [-0.4, -0.2) is 36.5 Å². The van der Waals surface area contributed by atoms with Crippen LogP contribution in [0.15, 0.2) is 0 Å². The Hall–Kier alpha value is -0.570. The van der Waals surface area contributed by atoms with Gasteiger partial charge in [-0.05, 0) is 52.0 Å². The Balaban J connectivity index is 1.91. The lowest BCUT2D eigenvalue weighted by Gasteiger charge is -2.32. The molecule has 2 aliphatic rings. The van der Waals surface area contributed by atoms with Crippen LogP contribution in [0.5, 0.6) is 0 Å². The van der Waals surface area contributed by atoms with Crippen molar-refractivity contribution < 1.29 is 4.79 Å². The minimum atomic E-state index is 0.231. The molecular weight excluding hydrogens is 200 g/mol. The van der Waals surface area contributed by atoms with Gasteiger partial charge in [-0.3, -0.25) is 4.79 Å². The molecule has 0 aromatic heterocycles. The number of nitrogens with one attached hydrogen (secondary N) is 1. The van der Waals surface area contributed by atoms with Gasteiger partial charge in [-0.15, -0.1) is 0 Å². The van der Waals surface area contributed by atoms with Crippen LogP contribution < -0.4 is 5.32 Å². The molecule has 1 amide bonds. The third kappa shape index (κ3) is 2.97. The molecule has 1 aliphatic carbocycles. The summed E-state index contributed by atoms with van der Waals surface area (Å²) in [5, 5.41) is 3.33. The van der Waals surface area contributed by atoms with Gasteiger partial charge in [0.15, 0.2) is 0 Å². The van der Waals surface area contributed by atoms with Gasteiger partial charge in [-0.1, -0.05) is 0 Å². The van der Waals surface area contributed by atoms with Crippen LogP contribution in [0.25, 0.3) is 0 Å². The zero-order valence-electron chi connectivity index (χ0n) is 10.5. The molecule has 0 bridgehead atoms. The van der Waals surface area contributed by atoms with E-state index in [9.17, 15) is 4.79 Å². The highest BCUT2D eigenvalue weighted by atomic mass is 16.2. The molecule has 0 radical (unpaired) electrons. The molecule has 3 nitrogen and oxygen atoms in total. The third-order valence-corrected chi connectivity index (χ3v) is 3.70. The average molecular weight is 224 g/mol. The smallest absolute Gasteiger partial charge is 0.227 e. The van der Waals surface area contributed by atoms with Crippen molar-refractivity contribution in [1.82, 2.24) is 10.2 Å². The van der Waals surface area contributed by atoms with Crippen molar-refractivity contribution >= 4 is 5.91 Å². The first-order valence-electron chi connectivity index (χ1n) is 6.69. The maximum Gasteiger partial charge on any atom is 0.227 e. The summed E-state index contributed by atoms with van der Waals surface area (Å²) in [5.74, 6) is 1.41. The van der Waals surface area contributed by atoms with Crippen LogP contribution in [0.1, 0.15) is 39.5 Å². The number of amides is 1. The van der Waals surface area contributed by atoms with Crippen LogP contribution in [0.3, 0.4) is 0 Å². The highest BCUT2D eigenvalue weighted by Crippen LogP contribution is 2.31. The highest BCUT2D eigenvalue weighted by molar-refractivity contribution is 5.79. The molecule has 2 rings (SSSR count). The Labute approximate surface area is 98.6 Å². The molecule has 92 valence electrons. The fraction of sp³-hybridized carbons (Fsp3) is 0.923. The number of carbonyl (C=O) groups is 1. The van der Waals surface area contributed by atoms with Gasteiger partial charge in [0.25, 0.3) is 0 Å². The molecular formula is C13H24N2O. The lowest BCUT2D eigenvalue weighted by atomic mass is 9.97. The summed E-state index contributed by atoms with van der Waals surface area (Å²) in [7, 11) is 0. The highest BCUT2D eigenvalue weighted by Gasteiger charge is 2.32. The molecule has 1 unspecified atom stereocenters. The average Bonchev–Trinajstić information content (AvgIpc) is 3.09. The van der Waals surface area contributed by atoms with E-state index in [1.165, 1.54) is 12.8 Å². The number of piperidine rings is 1. The summed E-state index contributed by atoms with van der Waals surface area (Å²) >= 11 is 0. The second-order valence-corrected chi connectivity index (χ2v) is 5.57. The van der Waals surface area contributed by atoms with Gasteiger partial charge < -0.3 is 10.2 Å². The molecule has 1 saturated carbocycles. The van der Waals surface area contributed by atoms with Crippen molar-refractivity contribution in [2.45, 2.75) is 45.6 Å². The summed E-state index contributed by atoms with van der Waals surface area (Å²) in [6.07, 6.45) is 4.85. The fourth-order valence-electron chi connectivity index (χ4n) is 2.43. The van der Waals surface area contributed by atoms with Crippen molar-refractivity contribution in [2.24, 2.45) is 11.8 Å². The molecule has 1 aliphatic heterocycles. The van der Waals surface area contributed by atoms with E-state index in [1.54, 1.807) is 0 Å². The molecule has 1 heterocycles. The van der Waals surface area contributed by atoms with E-state index in [1.807, 2.05) is 0 Å². The molecule has 0 aromatic rings. The zero-order valence-corrected chi connectivity index (χ0v) is 10.5. The van der Waals surface area contributed by atoms with Crippen molar-refractivity contribution in [1.29, 1.82) is 0 Å². The lowest BCUT2D eigenvalue weighted by Crippen LogP contribution is -2.46. The Morgan fingerprint density at radius 1 is 1.38 bits per heavy atom. The van der Waals surface area contributed by atoms with Crippen LogP contribution in [0, 0.1) is 11.8 Å². The SMILES string of the molecule is CC(C)N(CC1CC1)C(=O)C1CCCNC1. The van der Waals surface area contributed by atoms with Crippen molar-refractivity contribution in [3.63, 3.8) is 0 Å². The Morgan fingerprint density at radius 3 is 2.62 bits per heavy atom. The molecule has 3 heteroatoms. The van der Waals surface area contributed by atoms with Crippen LogP contribution >= 0.6 is 0 Å². The zero-order chi connectivity index (χ0) is 11.5. The topological polar surface area (TPSA) is 32.3 Å². The van der Waals surface area contributed by atoms with Crippen molar-refractivity contribution in [3.05, 3.63) is 0 Å². The maximum absolute atomic E-state index is 12.4. The van der Waals surface area contributed by atoms with Crippen LogP contribution in [-0.2, 0) is 4.79 Å². The molecule has 0 aromatic carbocycles. The first kappa shape index (κ1) is 11.9. The van der Waals surface area contributed by atoms with Crippen molar-refractivity contribution in [2.75, 3.05) is 19.6 Å². The van der Waals surface area contributed by atoms with E-state index >= 15 is 0 Å². The fourth-order valence-corrected chi connectivity index (χ4v) is 2.43. The molecule has 1 N–H and O–H groups in total. The third-order valence-electron chi connectivity index (χ3n) is 3.70. The van der Waals surface area contributed by atoms with Gasteiger partial charge in [0.05, 0.1) is 5.92 Å². The monoisotopic (exact) mass is 224 g/mol. The van der Waals surface area contributed by atoms with E-state index in [-0.39, 0.29) is 5.92 Å². The number of nitrogens with zero attached hydrogens (tertiary/aromatic N) is 1. The standard InChI is InChI=1S/C13H24N2O/c1-10(2)15(9-11-5-6-11)13(16)12-4-3-7-14-8-12/h10-12,14H,3-9H2,1-2H3. The second kappa shape index (κ2) is 5.17. The summed E-state index contributed by atoms with van der Waals surface area (Å²) < 4.78 is 0. The number of carbonyl (C=O) groups excluding carboxylic acids is 1. The second-order valence-electron chi connectivity index (χ2n) is 5.57. The Morgan fingerprint density at radius 2 is 2.12 bits per heavy atom. The number of rotatable bonds is 4. The largest absolute Gasteiger partial charge is 0.340 e. The van der Waals surface area contributed by atoms with E-state index in [4.69, 9.17) is 0 Å². The minimum absolute atomic E-state index is 0.231. The van der Waals surface area contributed by atoms with Gasteiger partial charge in [0.1, 0.15) is 0 Å². The number of hydrogen-bond acceptors (Lipinski definition) is 2. The van der Waals surface area contributed by atoms with Crippen LogP contribution in [0.4, 0.5) is 0 Å². The van der Waals surface area contributed by atoms with Crippen molar-refractivity contribution in [3.8, 4) is 0 Å². The predicted octanol–water partition coefficient (Wildman–Crippen LogP) is 1.63. The molecule has 0 spiro atoms. The van der Waals surface area contributed by atoms with Gasteiger partial charge >= 0.3 is 0 Å².